The van der Waals surface area contributed by atoms with Crippen LogP contribution in [-0.4, -0.2) is 40.4 Å². The van der Waals surface area contributed by atoms with Gasteiger partial charge in [0.2, 0.25) is 0 Å². The third kappa shape index (κ3) is 5.31. The molecule has 0 bridgehead atoms. The number of nitrogens with one attached hydrogen (secondary N) is 2. The van der Waals surface area contributed by atoms with E-state index in [1.165, 1.54) is 32.1 Å². The third-order valence-corrected chi connectivity index (χ3v) is 5.69. The maximum atomic E-state index is 4.42. The molecule has 2 aliphatic rings. The number of guanidine groups is 1. The highest BCUT2D eigenvalue weighted by atomic mass is 127. The molecule has 1 unspecified atom stereocenters. The lowest BCUT2D eigenvalue weighted by Gasteiger charge is -2.35. The van der Waals surface area contributed by atoms with Crippen LogP contribution in [0.25, 0.3) is 0 Å². The summed E-state index contributed by atoms with van der Waals surface area (Å²) in [4.78, 5) is 4.42. The van der Waals surface area contributed by atoms with Crippen molar-refractivity contribution in [3.8, 4) is 0 Å². The Morgan fingerprint density at radius 1 is 1.24 bits per heavy atom. The van der Waals surface area contributed by atoms with Crippen molar-refractivity contribution < 1.29 is 0 Å². The minimum Gasteiger partial charge on any atom is -0.356 e. The molecular formula is C18H33IN6. The molecule has 142 valence electrons. The Bertz CT molecular complexity index is 584. The van der Waals surface area contributed by atoms with Crippen LogP contribution in [0.15, 0.2) is 4.99 Å². The van der Waals surface area contributed by atoms with Gasteiger partial charge < -0.3 is 15.2 Å². The molecule has 1 fully saturated rings. The first-order chi connectivity index (χ1) is 11.5. The highest BCUT2D eigenvalue weighted by Gasteiger charge is 2.27. The first kappa shape index (κ1) is 20.5. The first-order valence-electron chi connectivity index (χ1n) is 9.33. The predicted molar refractivity (Wildman–Crippen MR) is 113 cm³/mol. The van der Waals surface area contributed by atoms with Gasteiger partial charge in [0.25, 0.3) is 0 Å². The normalized spacial score (nSPS) is 23.5. The van der Waals surface area contributed by atoms with Gasteiger partial charge >= 0.3 is 0 Å². The number of hydrogen-bond acceptors (Lipinski definition) is 3. The summed E-state index contributed by atoms with van der Waals surface area (Å²) in [7, 11) is 1.87. The Kier molecular flexibility index (Phi) is 7.10. The second-order valence-corrected chi connectivity index (χ2v) is 8.21. The fourth-order valence-corrected chi connectivity index (χ4v) is 3.87. The van der Waals surface area contributed by atoms with E-state index < -0.39 is 0 Å². The Balaban J connectivity index is 0.00000225. The van der Waals surface area contributed by atoms with Crippen molar-refractivity contribution in [1.82, 2.24) is 25.4 Å². The van der Waals surface area contributed by atoms with Gasteiger partial charge in [0.15, 0.2) is 5.96 Å². The quantitative estimate of drug-likeness (QED) is 0.414. The summed E-state index contributed by atoms with van der Waals surface area (Å²) < 4.78 is 2.26. The van der Waals surface area contributed by atoms with E-state index in [2.05, 4.69) is 44.2 Å². The van der Waals surface area contributed by atoms with Crippen LogP contribution < -0.4 is 10.6 Å². The number of hydrogen-bond donors (Lipinski definition) is 2. The average molecular weight is 460 g/mol. The molecule has 0 spiro atoms. The van der Waals surface area contributed by atoms with Crippen molar-refractivity contribution in [2.24, 2.45) is 16.3 Å². The first-order valence-corrected chi connectivity index (χ1v) is 9.33. The highest BCUT2D eigenvalue weighted by molar-refractivity contribution is 14.0. The molecule has 6 nitrogen and oxygen atoms in total. The minimum absolute atomic E-state index is 0. The van der Waals surface area contributed by atoms with Gasteiger partial charge in [-0.15, -0.1) is 34.2 Å². The van der Waals surface area contributed by atoms with Gasteiger partial charge in [-0.25, -0.2) is 0 Å². The Labute approximate surface area is 168 Å². The number of halogens is 1. The Hall–Kier alpha value is -0.860. The van der Waals surface area contributed by atoms with Gasteiger partial charge in [0.1, 0.15) is 11.6 Å². The van der Waals surface area contributed by atoms with Crippen molar-refractivity contribution in [2.75, 3.05) is 13.6 Å². The summed E-state index contributed by atoms with van der Waals surface area (Å²) in [5.41, 5.74) is 0.506. The van der Waals surface area contributed by atoms with Crippen LogP contribution in [0, 0.1) is 18.3 Å². The molecule has 1 atom stereocenters. The molecule has 1 saturated carbocycles. The number of aromatic nitrogens is 3. The van der Waals surface area contributed by atoms with Gasteiger partial charge in [-0.2, -0.15) is 0 Å². The van der Waals surface area contributed by atoms with E-state index in [1.807, 2.05) is 14.0 Å². The zero-order chi connectivity index (χ0) is 17.2. The maximum absolute atomic E-state index is 4.42. The lowest BCUT2D eigenvalue weighted by molar-refractivity contribution is 0.216. The molecule has 0 amide bonds. The molecule has 25 heavy (non-hydrogen) atoms. The zero-order valence-electron chi connectivity index (χ0n) is 16.0. The van der Waals surface area contributed by atoms with Gasteiger partial charge in [-0.3, -0.25) is 4.99 Å². The van der Waals surface area contributed by atoms with Crippen LogP contribution in [0.2, 0.25) is 0 Å². The maximum Gasteiger partial charge on any atom is 0.191 e. The molecule has 2 heterocycles. The summed E-state index contributed by atoms with van der Waals surface area (Å²) in [6.07, 6.45) is 7.25. The van der Waals surface area contributed by atoms with Crippen molar-refractivity contribution in [1.29, 1.82) is 0 Å². The van der Waals surface area contributed by atoms with Crippen molar-refractivity contribution >= 4 is 29.9 Å². The number of aryl methyl sites for hydroxylation is 2. The van der Waals surface area contributed by atoms with Gasteiger partial charge in [-0.1, -0.05) is 13.8 Å². The Morgan fingerprint density at radius 3 is 2.64 bits per heavy atom. The third-order valence-electron chi connectivity index (χ3n) is 5.69. The standard InChI is InChI=1S/C18H32N6.HI/c1-13-22-23-16-6-5-14(12-24(13)16)11-20-17(19-4)21-15-7-9-18(2,3)10-8-15;/h14-15H,5-12H2,1-4H3,(H2,19,20,21);1H. The van der Waals surface area contributed by atoms with Crippen molar-refractivity contribution in [3.63, 3.8) is 0 Å². The number of aliphatic imine (C=N–C) groups is 1. The SMILES string of the molecule is CN=C(NCC1CCc2nnc(C)n2C1)NC1CCC(C)(C)CC1.I. The Morgan fingerprint density at radius 2 is 1.96 bits per heavy atom. The van der Waals surface area contributed by atoms with Crippen LogP contribution >= 0.6 is 24.0 Å². The molecule has 2 N–H and O–H groups in total. The van der Waals surface area contributed by atoms with Crippen LogP contribution in [0.4, 0.5) is 0 Å². The molecular weight excluding hydrogens is 427 g/mol. The smallest absolute Gasteiger partial charge is 0.191 e. The topological polar surface area (TPSA) is 67.1 Å². The molecule has 0 radical (unpaired) electrons. The lowest BCUT2D eigenvalue weighted by Crippen LogP contribution is -2.47. The van der Waals surface area contributed by atoms with Gasteiger partial charge in [-0.05, 0) is 50.4 Å². The summed E-state index contributed by atoms with van der Waals surface area (Å²) in [5, 5.41) is 15.6. The van der Waals surface area contributed by atoms with Gasteiger partial charge in [0, 0.05) is 32.6 Å². The van der Waals surface area contributed by atoms with Crippen LogP contribution in [0.3, 0.4) is 0 Å². The molecule has 1 aromatic rings. The summed E-state index contributed by atoms with van der Waals surface area (Å²) in [6.45, 7) is 8.75. The van der Waals surface area contributed by atoms with E-state index in [4.69, 9.17) is 0 Å². The van der Waals surface area contributed by atoms with Crippen molar-refractivity contribution in [2.45, 2.75) is 71.9 Å². The van der Waals surface area contributed by atoms with E-state index in [9.17, 15) is 0 Å². The largest absolute Gasteiger partial charge is 0.356 e. The number of nitrogens with zero attached hydrogens (tertiary/aromatic N) is 4. The zero-order valence-corrected chi connectivity index (χ0v) is 18.3. The van der Waals surface area contributed by atoms with Crippen LogP contribution in [0.1, 0.15) is 57.6 Å². The molecule has 1 aliphatic heterocycles. The molecule has 3 rings (SSSR count). The van der Waals surface area contributed by atoms with E-state index in [1.54, 1.807) is 0 Å². The number of rotatable bonds is 3. The molecule has 7 heteroatoms. The van der Waals surface area contributed by atoms with Crippen LogP contribution in [-0.2, 0) is 13.0 Å². The molecule has 0 saturated heterocycles. The monoisotopic (exact) mass is 460 g/mol. The summed E-state index contributed by atoms with van der Waals surface area (Å²) in [6, 6.07) is 0.558. The molecule has 0 aromatic carbocycles. The summed E-state index contributed by atoms with van der Waals surface area (Å²) in [5.74, 6) is 3.72. The lowest BCUT2D eigenvalue weighted by atomic mass is 9.75. The van der Waals surface area contributed by atoms with Crippen molar-refractivity contribution in [3.05, 3.63) is 11.6 Å². The second kappa shape index (κ2) is 8.68. The fourth-order valence-electron chi connectivity index (χ4n) is 3.87. The molecule has 1 aliphatic carbocycles. The highest BCUT2D eigenvalue weighted by Crippen LogP contribution is 2.34. The average Bonchev–Trinajstić information content (AvgIpc) is 2.94. The van der Waals surface area contributed by atoms with Gasteiger partial charge in [0.05, 0.1) is 0 Å². The summed E-state index contributed by atoms with van der Waals surface area (Å²) >= 11 is 0. The second-order valence-electron chi connectivity index (χ2n) is 8.21. The minimum atomic E-state index is 0. The van der Waals surface area contributed by atoms with E-state index in [0.717, 1.165) is 37.1 Å². The fraction of sp³-hybridized carbons (Fsp3) is 0.833. The van der Waals surface area contributed by atoms with E-state index >= 15 is 0 Å². The predicted octanol–water partition coefficient (Wildman–Crippen LogP) is 2.90. The van der Waals surface area contributed by atoms with E-state index in [-0.39, 0.29) is 24.0 Å². The molecule has 1 aromatic heterocycles. The van der Waals surface area contributed by atoms with E-state index in [0.29, 0.717) is 17.4 Å². The number of fused-ring (bicyclic) bond motifs is 1. The van der Waals surface area contributed by atoms with Crippen LogP contribution in [0.5, 0.6) is 0 Å².